The highest BCUT2D eigenvalue weighted by molar-refractivity contribution is 6.29. The fraction of sp³-hybridized carbons (Fsp3) is 0.273. The molecule has 15 heavy (non-hydrogen) atoms. The molecule has 0 atom stereocenters. The Morgan fingerprint density at radius 1 is 1.60 bits per heavy atom. The highest BCUT2D eigenvalue weighted by Gasteiger charge is 1.98. The Morgan fingerprint density at radius 3 is 2.93 bits per heavy atom. The number of nitrogens with zero attached hydrogens (tertiary/aromatic N) is 1. The van der Waals surface area contributed by atoms with Crippen molar-refractivity contribution in [2.45, 2.75) is 13.8 Å². The van der Waals surface area contributed by atoms with Gasteiger partial charge in [0, 0.05) is 11.8 Å². The van der Waals surface area contributed by atoms with Crippen LogP contribution in [0.25, 0.3) is 6.08 Å². The minimum absolute atomic E-state index is 0.355. The first-order valence-electron chi connectivity index (χ1n) is 4.61. The second kappa shape index (κ2) is 5.51. The van der Waals surface area contributed by atoms with E-state index >= 15 is 0 Å². The van der Waals surface area contributed by atoms with Crippen molar-refractivity contribution in [2.75, 3.05) is 6.61 Å². The van der Waals surface area contributed by atoms with Crippen molar-refractivity contribution in [1.29, 1.82) is 0 Å². The van der Waals surface area contributed by atoms with Gasteiger partial charge < -0.3 is 4.74 Å². The lowest BCUT2D eigenvalue weighted by atomic mass is 10.2. The maximum atomic E-state index is 11.0. The fourth-order valence-corrected chi connectivity index (χ4v) is 1.26. The lowest BCUT2D eigenvalue weighted by Crippen LogP contribution is -1.98. The molecule has 0 bridgehead atoms. The SMILES string of the molecule is CCOC(=O)C=Cc1ccc(Cl)nc1C. The smallest absolute Gasteiger partial charge is 0.330 e. The molecule has 0 amide bonds. The van der Waals surface area contributed by atoms with Gasteiger partial charge in [0.2, 0.25) is 0 Å². The summed E-state index contributed by atoms with van der Waals surface area (Å²) in [6.45, 7) is 3.97. The Morgan fingerprint density at radius 2 is 2.33 bits per heavy atom. The maximum absolute atomic E-state index is 11.0. The van der Waals surface area contributed by atoms with Gasteiger partial charge in [0.25, 0.3) is 0 Å². The van der Waals surface area contributed by atoms with E-state index in [2.05, 4.69) is 4.98 Å². The van der Waals surface area contributed by atoms with Crippen LogP contribution in [0.1, 0.15) is 18.2 Å². The van der Waals surface area contributed by atoms with Crippen LogP contribution in [-0.2, 0) is 9.53 Å². The van der Waals surface area contributed by atoms with Crippen molar-refractivity contribution in [1.82, 2.24) is 4.98 Å². The number of carbonyl (C=O) groups is 1. The second-order valence-electron chi connectivity index (χ2n) is 2.89. The monoisotopic (exact) mass is 225 g/mol. The zero-order valence-corrected chi connectivity index (χ0v) is 9.41. The first-order chi connectivity index (χ1) is 7.13. The molecule has 1 aromatic rings. The molecule has 0 aliphatic carbocycles. The third kappa shape index (κ3) is 3.72. The standard InChI is InChI=1S/C11H12ClNO2/c1-3-15-11(14)7-5-9-4-6-10(12)13-8(9)2/h4-7H,3H2,1-2H3. The molecule has 1 aromatic heterocycles. The molecule has 0 aromatic carbocycles. The Balaban J connectivity index is 2.76. The summed E-state index contributed by atoms with van der Waals surface area (Å²) in [6.07, 6.45) is 3.04. The van der Waals surface area contributed by atoms with Crippen LogP contribution in [0.3, 0.4) is 0 Å². The molecule has 0 N–H and O–H groups in total. The molecule has 1 rings (SSSR count). The van der Waals surface area contributed by atoms with Crippen molar-refractivity contribution in [3.05, 3.63) is 34.6 Å². The summed E-state index contributed by atoms with van der Waals surface area (Å²) in [5.41, 5.74) is 1.63. The molecule has 4 heteroatoms. The van der Waals surface area contributed by atoms with E-state index in [-0.39, 0.29) is 5.97 Å². The molecule has 3 nitrogen and oxygen atoms in total. The first kappa shape index (κ1) is 11.7. The Kier molecular flexibility index (Phi) is 4.31. The highest BCUT2D eigenvalue weighted by atomic mass is 35.5. The van der Waals surface area contributed by atoms with Gasteiger partial charge in [0.15, 0.2) is 0 Å². The number of rotatable bonds is 3. The Hall–Kier alpha value is -1.35. The van der Waals surface area contributed by atoms with Gasteiger partial charge in [0.05, 0.1) is 6.61 Å². The van der Waals surface area contributed by atoms with Gasteiger partial charge in [-0.1, -0.05) is 17.7 Å². The number of hydrogen-bond acceptors (Lipinski definition) is 3. The lowest BCUT2D eigenvalue weighted by Gasteiger charge is -1.99. The summed E-state index contributed by atoms with van der Waals surface area (Å²) in [5, 5.41) is 0.445. The van der Waals surface area contributed by atoms with Crippen molar-refractivity contribution < 1.29 is 9.53 Å². The van der Waals surface area contributed by atoms with E-state index in [1.54, 1.807) is 25.1 Å². The number of aryl methyl sites for hydroxylation is 1. The largest absolute Gasteiger partial charge is 0.463 e. The number of pyridine rings is 1. The van der Waals surface area contributed by atoms with Gasteiger partial charge in [-0.05, 0) is 31.6 Å². The number of carbonyl (C=O) groups excluding carboxylic acids is 1. The molecule has 0 radical (unpaired) electrons. The summed E-state index contributed by atoms with van der Waals surface area (Å²) in [6, 6.07) is 3.49. The highest BCUT2D eigenvalue weighted by Crippen LogP contribution is 2.12. The lowest BCUT2D eigenvalue weighted by molar-refractivity contribution is -0.137. The molecule has 80 valence electrons. The van der Waals surface area contributed by atoms with Crippen LogP contribution in [0.4, 0.5) is 0 Å². The van der Waals surface area contributed by atoms with Crippen molar-refractivity contribution in [2.24, 2.45) is 0 Å². The zero-order chi connectivity index (χ0) is 11.3. The number of aromatic nitrogens is 1. The van der Waals surface area contributed by atoms with Gasteiger partial charge >= 0.3 is 5.97 Å². The van der Waals surface area contributed by atoms with Gasteiger partial charge in [0.1, 0.15) is 5.15 Å². The molecular weight excluding hydrogens is 214 g/mol. The third-order valence-electron chi connectivity index (χ3n) is 1.78. The maximum Gasteiger partial charge on any atom is 0.330 e. The van der Waals surface area contributed by atoms with Crippen LogP contribution < -0.4 is 0 Å². The quantitative estimate of drug-likeness (QED) is 0.451. The zero-order valence-electron chi connectivity index (χ0n) is 8.66. The Bertz CT molecular complexity index is 388. The molecule has 0 unspecified atom stereocenters. The number of ether oxygens (including phenoxy) is 1. The second-order valence-corrected chi connectivity index (χ2v) is 3.28. The fourth-order valence-electron chi connectivity index (χ4n) is 1.07. The van der Waals surface area contributed by atoms with E-state index in [1.807, 2.05) is 6.92 Å². The van der Waals surface area contributed by atoms with Crippen LogP contribution in [-0.4, -0.2) is 17.6 Å². The molecule has 0 aliphatic heterocycles. The summed E-state index contributed by atoms with van der Waals surface area (Å²) in [4.78, 5) is 15.1. The van der Waals surface area contributed by atoms with E-state index in [1.165, 1.54) is 6.08 Å². The third-order valence-corrected chi connectivity index (χ3v) is 1.99. The van der Waals surface area contributed by atoms with E-state index in [9.17, 15) is 4.79 Å². The van der Waals surface area contributed by atoms with Gasteiger partial charge in [-0.25, -0.2) is 9.78 Å². The van der Waals surface area contributed by atoms with Crippen LogP contribution in [0.5, 0.6) is 0 Å². The molecule has 0 spiro atoms. The minimum atomic E-state index is -0.355. The van der Waals surface area contributed by atoms with Gasteiger partial charge in [-0.3, -0.25) is 0 Å². The summed E-state index contributed by atoms with van der Waals surface area (Å²) in [7, 11) is 0. The molecule has 0 saturated heterocycles. The van der Waals surface area contributed by atoms with Crippen LogP contribution in [0.15, 0.2) is 18.2 Å². The topological polar surface area (TPSA) is 39.2 Å². The molecule has 1 heterocycles. The van der Waals surface area contributed by atoms with Crippen molar-refractivity contribution in [3.8, 4) is 0 Å². The van der Waals surface area contributed by atoms with E-state index < -0.39 is 0 Å². The average Bonchev–Trinajstić information content (AvgIpc) is 2.17. The average molecular weight is 226 g/mol. The first-order valence-corrected chi connectivity index (χ1v) is 4.99. The number of halogens is 1. The molecule has 0 fully saturated rings. The van der Waals surface area contributed by atoms with E-state index in [0.29, 0.717) is 11.8 Å². The van der Waals surface area contributed by atoms with Crippen molar-refractivity contribution >= 4 is 23.6 Å². The summed E-state index contributed by atoms with van der Waals surface area (Å²) < 4.78 is 4.75. The van der Waals surface area contributed by atoms with E-state index in [4.69, 9.17) is 16.3 Å². The van der Waals surface area contributed by atoms with Crippen LogP contribution >= 0.6 is 11.6 Å². The molecule has 0 saturated carbocycles. The molecule has 0 aliphatic rings. The Labute approximate surface area is 93.7 Å². The van der Waals surface area contributed by atoms with E-state index in [0.717, 1.165) is 11.3 Å². The predicted molar refractivity (Wildman–Crippen MR) is 59.7 cm³/mol. The minimum Gasteiger partial charge on any atom is -0.463 e. The normalized spacial score (nSPS) is 10.6. The molecular formula is C11H12ClNO2. The summed E-state index contributed by atoms with van der Waals surface area (Å²) in [5.74, 6) is -0.355. The van der Waals surface area contributed by atoms with Crippen LogP contribution in [0, 0.1) is 6.92 Å². The number of hydrogen-bond donors (Lipinski definition) is 0. The summed E-state index contributed by atoms with van der Waals surface area (Å²) >= 11 is 5.70. The van der Waals surface area contributed by atoms with Gasteiger partial charge in [-0.2, -0.15) is 0 Å². The van der Waals surface area contributed by atoms with Gasteiger partial charge in [-0.15, -0.1) is 0 Å². The predicted octanol–water partition coefficient (Wildman–Crippen LogP) is 2.62. The van der Waals surface area contributed by atoms with Crippen molar-refractivity contribution in [3.63, 3.8) is 0 Å². The number of esters is 1. The van der Waals surface area contributed by atoms with Crippen LogP contribution in [0.2, 0.25) is 5.15 Å².